The van der Waals surface area contributed by atoms with Gasteiger partial charge in [0.05, 0.1) is 24.7 Å². The van der Waals surface area contributed by atoms with Crippen LogP contribution in [0.4, 0.5) is 5.69 Å². The van der Waals surface area contributed by atoms with E-state index in [4.69, 9.17) is 9.84 Å². The molecule has 0 spiro atoms. The molecular weight excluding hydrogens is 332 g/mol. The molecule has 8 nitrogen and oxygen atoms in total. The second kappa shape index (κ2) is 7.38. The summed E-state index contributed by atoms with van der Waals surface area (Å²) in [4.78, 5) is 10.6. The Balaban J connectivity index is 2.44. The van der Waals surface area contributed by atoms with Gasteiger partial charge in [0, 0.05) is 35.9 Å². The Labute approximate surface area is 132 Å². The summed E-state index contributed by atoms with van der Waals surface area (Å²) in [5.41, 5.74) is -0.278. The molecule has 1 aromatic carbocycles. The van der Waals surface area contributed by atoms with Crippen molar-refractivity contribution in [2.24, 2.45) is 0 Å². The third-order valence-corrected chi connectivity index (χ3v) is 6.20. The standard InChI is InChI=1S/C12H16N2O6S2/c15-5-8-21-11-2-1-10(14(16)17)9-12(11)22(18,19)13-3-6-20-7-4-13/h1-2,9,15H,3-8H2. The molecule has 0 saturated carbocycles. The number of hydrogen-bond donors (Lipinski definition) is 1. The Bertz CT molecular complexity index is 643. The maximum Gasteiger partial charge on any atom is 0.270 e. The van der Waals surface area contributed by atoms with Gasteiger partial charge in [-0.1, -0.05) is 0 Å². The van der Waals surface area contributed by atoms with Crippen LogP contribution in [0.5, 0.6) is 0 Å². The summed E-state index contributed by atoms with van der Waals surface area (Å²) in [5.74, 6) is 0.309. The molecule has 122 valence electrons. The highest BCUT2D eigenvalue weighted by Crippen LogP contribution is 2.32. The summed E-state index contributed by atoms with van der Waals surface area (Å²) in [6.45, 7) is 0.920. The van der Waals surface area contributed by atoms with E-state index in [1.165, 1.54) is 16.4 Å². The largest absolute Gasteiger partial charge is 0.396 e. The van der Waals surface area contributed by atoms with Crippen molar-refractivity contribution in [3.8, 4) is 0 Å². The van der Waals surface area contributed by atoms with Crippen LogP contribution in [0.25, 0.3) is 0 Å². The average molecular weight is 348 g/mol. The molecule has 1 heterocycles. The van der Waals surface area contributed by atoms with Crippen LogP contribution in [0.15, 0.2) is 28.0 Å². The van der Waals surface area contributed by atoms with E-state index in [1.54, 1.807) is 0 Å². The normalized spacial score (nSPS) is 16.6. The van der Waals surface area contributed by atoms with Crippen LogP contribution in [0, 0.1) is 10.1 Å². The van der Waals surface area contributed by atoms with Gasteiger partial charge in [0.15, 0.2) is 0 Å². The van der Waals surface area contributed by atoms with Crippen LogP contribution in [0.1, 0.15) is 0 Å². The molecule has 0 atom stereocenters. The fraction of sp³-hybridized carbons (Fsp3) is 0.500. The maximum absolute atomic E-state index is 12.7. The Morgan fingerprint density at radius 3 is 2.64 bits per heavy atom. The molecule has 0 bridgehead atoms. The number of aliphatic hydroxyl groups excluding tert-OH is 1. The molecule has 0 aliphatic carbocycles. The smallest absolute Gasteiger partial charge is 0.270 e. The zero-order valence-corrected chi connectivity index (χ0v) is 13.3. The number of nitro groups is 1. The lowest BCUT2D eigenvalue weighted by atomic mass is 10.3. The molecule has 0 aromatic heterocycles. The van der Waals surface area contributed by atoms with Gasteiger partial charge < -0.3 is 9.84 Å². The first-order valence-corrected chi connectivity index (χ1v) is 8.99. The van der Waals surface area contributed by atoms with Crippen molar-refractivity contribution in [2.75, 3.05) is 38.7 Å². The molecule has 1 fully saturated rings. The Morgan fingerprint density at radius 1 is 1.36 bits per heavy atom. The minimum absolute atomic E-state index is 0.0953. The van der Waals surface area contributed by atoms with Crippen LogP contribution in [0.3, 0.4) is 0 Å². The monoisotopic (exact) mass is 348 g/mol. The minimum Gasteiger partial charge on any atom is -0.396 e. The zero-order valence-electron chi connectivity index (χ0n) is 11.7. The number of morpholine rings is 1. The lowest BCUT2D eigenvalue weighted by Crippen LogP contribution is -2.40. The molecule has 2 rings (SSSR count). The second-order valence-corrected chi connectivity index (χ2v) is 7.52. The van der Waals surface area contributed by atoms with Crippen LogP contribution >= 0.6 is 11.8 Å². The molecule has 10 heteroatoms. The molecule has 0 radical (unpaired) electrons. The molecule has 1 aliphatic heterocycles. The quantitative estimate of drug-likeness (QED) is 0.458. The number of thioether (sulfide) groups is 1. The summed E-state index contributed by atoms with van der Waals surface area (Å²) >= 11 is 1.15. The van der Waals surface area contributed by atoms with E-state index >= 15 is 0 Å². The summed E-state index contributed by atoms with van der Waals surface area (Å²) < 4.78 is 31.8. The van der Waals surface area contributed by atoms with Crippen molar-refractivity contribution in [1.82, 2.24) is 4.31 Å². The lowest BCUT2D eigenvalue weighted by molar-refractivity contribution is -0.385. The third-order valence-electron chi connectivity index (χ3n) is 3.07. The number of nitro benzene ring substituents is 1. The molecule has 22 heavy (non-hydrogen) atoms. The number of nitrogens with zero attached hydrogens (tertiary/aromatic N) is 2. The van der Waals surface area contributed by atoms with Crippen LogP contribution < -0.4 is 0 Å². The zero-order chi connectivity index (χ0) is 16.2. The van der Waals surface area contributed by atoms with Crippen molar-refractivity contribution in [1.29, 1.82) is 0 Å². The summed E-state index contributed by atoms with van der Waals surface area (Å²) in [5, 5.41) is 19.8. The molecular formula is C12H16N2O6S2. The van der Waals surface area contributed by atoms with Gasteiger partial charge in [-0.05, 0) is 6.07 Å². The fourth-order valence-electron chi connectivity index (χ4n) is 2.01. The van der Waals surface area contributed by atoms with Crippen LogP contribution in [-0.4, -0.2) is 61.4 Å². The van der Waals surface area contributed by atoms with E-state index in [-0.39, 0.29) is 30.3 Å². The second-order valence-electron chi connectivity index (χ2n) is 4.48. The first kappa shape index (κ1) is 17.2. The van der Waals surface area contributed by atoms with E-state index in [0.29, 0.717) is 23.9 Å². The topological polar surface area (TPSA) is 110 Å². The van der Waals surface area contributed by atoms with Gasteiger partial charge in [-0.25, -0.2) is 8.42 Å². The van der Waals surface area contributed by atoms with Crippen molar-refractivity contribution >= 4 is 27.5 Å². The highest BCUT2D eigenvalue weighted by molar-refractivity contribution is 8.00. The number of benzene rings is 1. The molecule has 1 aromatic rings. The number of hydrogen-bond acceptors (Lipinski definition) is 7. The summed E-state index contributed by atoms with van der Waals surface area (Å²) in [7, 11) is -3.83. The van der Waals surface area contributed by atoms with Gasteiger partial charge in [-0.15, -0.1) is 11.8 Å². The van der Waals surface area contributed by atoms with Gasteiger partial charge in [0.25, 0.3) is 5.69 Å². The number of ether oxygens (including phenoxy) is 1. The van der Waals surface area contributed by atoms with Gasteiger partial charge in [0.2, 0.25) is 10.0 Å². The van der Waals surface area contributed by atoms with E-state index < -0.39 is 14.9 Å². The molecule has 1 N–H and O–H groups in total. The highest BCUT2D eigenvalue weighted by Gasteiger charge is 2.30. The predicted octanol–water partition coefficient (Wildman–Crippen LogP) is 0.700. The number of sulfonamides is 1. The first-order chi connectivity index (χ1) is 10.5. The summed E-state index contributed by atoms with van der Waals surface area (Å²) in [6.07, 6.45) is 0. The Hall–Kier alpha value is -1.20. The molecule has 1 saturated heterocycles. The van der Waals surface area contributed by atoms with E-state index in [0.717, 1.165) is 17.8 Å². The molecule has 0 amide bonds. The number of aliphatic hydroxyl groups is 1. The van der Waals surface area contributed by atoms with Crippen LogP contribution in [0.2, 0.25) is 0 Å². The number of non-ortho nitro benzene ring substituents is 1. The minimum atomic E-state index is -3.83. The highest BCUT2D eigenvalue weighted by atomic mass is 32.2. The third kappa shape index (κ3) is 3.76. The first-order valence-electron chi connectivity index (χ1n) is 6.57. The van der Waals surface area contributed by atoms with Crippen molar-refractivity contribution in [3.05, 3.63) is 28.3 Å². The van der Waals surface area contributed by atoms with Crippen molar-refractivity contribution in [2.45, 2.75) is 9.79 Å². The predicted molar refractivity (Wildman–Crippen MR) is 80.5 cm³/mol. The number of rotatable bonds is 6. The lowest BCUT2D eigenvalue weighted by Gasteiger charge is -2.26. The Morgan fingerprint density at radius 2 is 2.05 bits per heavy atom. The van der Waals surface area contributed by atoms with Gasteiger partial charge in [-0.2, -0.15) is 4.31 Å². The van der Waals surface area contributed by atoms with Gasteiger partial charge in [-0.3, -0.25) is 10.1 Å². The summed E-state index contributed by atoms with van der Waals surface area (Å²) in [6, 6.07) is 3.74. The molecule has 1 aliphatic rings. The molecule has 0 unspecified atom stereocenters. The Kier molecular flexibility index (Phi) is 5.75. The van der Waals surface area contributed by atoms with Gasteiger partial charge >= 0.3 is 0 Å². The maximum atomic E-state index is 12.7. The average Bonchev–Trinajstić information content (AvgIpc) is 2.53. The SMILES string of the molecule is O=[N+]([O-])c1ccc(SCCO)c(S(=O)(=O)N2CCOCC2)c1. The van der Waals surface area contributed by atoms with Crippen LogP contribution in [-0.2, 0) is 14.8 Å². The van der Waals surface area contributed by atoms with E-state index in [9.17, 15) is 18.5 Å². The van der Waals surface area contributed by atoms with E-state index in [2.05, 4.69) is 0 Å². The van der Waals surface area contributed by atoms with E-state index in [1.807, 2.05) is 0 Å². The van der Waals surface area contributed by atoms with Gasteiger partial charge in [0.1, 0.15) is 4.90 Å². The van der Waals surface area contributed by atoms with Crippen molar-refractivity contribution < 1.29 is 23.2 Å². The van der Waals surface area contributed by atoms with Crippen molar-refractivity contribution in [3.63, 3.8) is 0 Å². The fourth-order valence-corrected chi connectivity index (χ4v) is 4.68.